The first-order chi connectivity index (χ1) is 10.6. The Bertz CT molecular complexity index is 567. The predicted octanol–water partition coefficient (Wildman–Crippen LogP) is 2.97. The molecule has 1 aromatic carbocycles. The van der Waals surface area contributed by atoms with Gasteiger partial charge in [-0.15, -0.1) is 0 Å². The van der Waals surface area contributed by atoms with Crippen molar-refractivity contribution in [1.29, 1.82) is 0 Å². The van der Waals surface area contributed by atoms with Crippen LogP contribution in [0.5, 0.6) is 0 Å². The molecule has 2 aliphatic heterocycles. The fraction of sp³-hybridized carbons (Fsp3) is 0.684. The van der Waals surface area contributed by atoms with E-state index in [1.165, 1.54) is 43.4 Å². The van der Waals surface area contributed by atoms with Crippen molar-refractivity contribution in [2.75, 3.05) is 25.4 Å². The molecule has 2 bridgehead atoms. The fourth-order valence-electron chi connectivity index (χ4n) is 5.00. The third-order valence-electron chi connectivity index (χ3n) is 6.61. The normalized spacial score (nSPS) is 38.0. The van der Waals surface area contributed by atoms with Gasteiger partial charge in [0.05, 0.1) is 6.10 Å². The number of nitrogens with two attached hydrogens (primary N) is 1. The van der Waals surface area contributed by atoms with Gasteiger partial charge in [-0.05, 0) is 66.8 Å². The zero-order valence-electron chi connectivity index (χ0n) is 13.8. The molecule has 2 fully saturated rings. The minimum atomic E-state index is 0.278. The van der Waals surface area contributed by atoms with Crippen LogP contribution >= 0.6 is 0 Å². The molecular formula is C19H28N2O. The molecule has 0 saturated carbocycles. The number of piperidine rings is 1. The molecule has 1 aromatic rings. The minimum Gasteiger partial charge on any atom is -0.399 e. The molecular weight excluding hydrogens is 272 g/mol. The fourth-order valence-corrected chi connectivity index (χ4v) is 5.00. The highest BCUT2D eigenvalue weighted by Gasteiger charge is 2.48. The van der Waals surface area contributed by atoms with Crippen molar-refractivity contribution < 1.29 is 4.74 Å². The van der Waals surface area contributed by atoms with Gasteiger partial charge in [0.25, 0.3) is 0 Å². The first kappa shape index (κ1) is 14.5. The van der Waals surface area contributed by atoms with Crippen molar-refractivity contribution in [1.82, 2.24) is 4.90 Å². The number of nitrogen functional groups attached to an aromatic ring is 1. The van der Waals surface area contributed by atoms with Crippen LogP contribution in [-0.4, -0.2) is 36.7 Å². The van der Waals surface area contributed by atoms with Crippen molar-refractivity contribution in [2.45, 2.75) is 57.1 Å². The highest BCUT2D eigenvalue weighted by molar-refractivity contribution is 5.50. The van der Waals surface area contributed by atoms with Crippen LogP contribution in [0.1, 0.15) is 44.2 Å². The summed E-state index contributed by atoms with van der Waals surface area (Å²) in [5.41, 5.74) is 10.3. The summed E-state index contributed by atoms with van der Waals surface area (Å²) in [5.74, 6) is 0.678. The lowest BCUT2D eigenvalue weighted by molar-refractivity contribution is -0.00662. The number of fused-ring (bicyclic) bond motifs is 4. The second-order valence-corrected chi connectivity index (χ2v) is 7.77. The van der Waals surface area contributed by atoms with E-state index in [1.807, 2.05) is 0 Å². The van der Waals surface area contributed by atoms with Crippen LogP contribution in [0.2, 0.25) is 0 Å². The highest BCUT2D eigenvalue weighted by atomic mass is 16.5. The Morgan fingerprint density at radius 3 is 3.05 bits per heavy atom. The number of benzene rings is 1. The van der Waals surface area contributed by atoms with Gasteiger partial charge in [0.1, 0.15) is 0 Å². The van der Waals surface area contributed by atoms with E-state index in [9.17, 15) is 0 Å². The Kier molecular flexibility index (Phi) is 3.46. The summed E-state index contributed by atoms with van der Waals surface area (Å²) in [4.78, 5) is 2.71. The summed E-state index contributed by atoms with van der Waals surface area (Å²) in [7, 11) is 0. The Morgan fingerprint density at radius 1 is 1.41 bits per heavy atom. The van der Waals surface area contributed by atoms with E-state index < -0.39 is 0 Å². The van der Waals surface area contributed by atoms with Gasteiger partial charge >= 0.3 is 0 Å². The van der Waals surface area contributed by atoms with Gasteiger partial charge in [-0.25, -0.2) is 0 Å². The topological polar surface area (TPSA) is 38.5 Å². The molecule has 0 spiro atoms. The highest BCUT2D eigenvalue weighted by Crippen LogP contribution is 2.49. The lowest BCUT2D eigenvalue weighted by Gasteiger charge is -2.55. The Balaban J connectivity index is 1.63. The molecule has 2 heterocycles. The maximum Gasteiger partial charge on any atom is 0.0702 e. The van der Waals surface area contributed by atoms with Crippen molar-refractivity contribution in [3.63, 3.8) is 0 Å². The maximum atomic E-state index is 6.07. The monoisotopic (exact) mass is 300 g/mol. The molecule has 3 nitrogen and oxygen atoms in total. The number of rotatable bonds is 2. The average Bonchev–Trinajstić information content (AvgIpc) is 3.00. The van der Waals surface area contributed by atoms with Gasteiger partial charge in [0.2, 0.25) is 0 Å². The van der Waals surface area contributed by atoms with Crippen LogP contribution in [-0.2, 0) is 16.6 Å². The van der Waals surface area contributed by atoms with Gasteiger partial charge in [-0.2, -0.15) is 0 Å². The number of likely N-dealkylation sites (tertiary alicyclic amines) is 1. The lowest BCUT2D eigenvalue weighted by atomic mass is 9.59. The second kappa shape index (κ2) is 5.24. The zero-order valence-corrected chi connectivity index (χ0v) is 13.8. The molecule has 0 unspecified atom stereocenters. The largest absolute Gasteiger partial charge is 0.399 e. The third-order valence-corrected chi connectivity index (χ3v) is 6.61. The molecule has 2 N–H and O–H groups in total. The summed E-state index contributed by atoms with van der Waals surface area (Å²) in [5, 5.41) is 0. The zero-order chi connectivity index (χ0) is 15.3. The smallest absolute Gasteiger partial charge is 0.0702 e. The minimum absolute atomic E-state index is 0.278. The third kappa shape index (κ3) is 2.17. The molecule has 0 radical (unpaired) electrons. The molecule has 22 heavy (non-hydrogen) atoms. The van der Waals surface area contributed by atoms with E-state index >= 15 is 0 Å². The second-order valence-electron chi connectivity index (χ2n) is 7.77. The van der Waals surface area contributed by atoms with E-state index in [0.717, 1.165) is 18.8 Å². The van der Waals surface area contributed by atoms with Crippen LogP contribution < -0.4 is 5.73 Å². The summed E-state index contributed by atoms with van der Waals surface area (Å²) < 4.78 is 5.88. The summed E-state index contributed by atoms with van der Waals surface area (Å²) in [6.07, 6.45) is 5.33. The van der Waals surface area contributed by atoms with Gasteiger partial charge in [0, 0.05) is 24.9 Å². The molecule has 4 atom stereocenters. The van der Waals surface area contributed by atoms with E-state index in [1.54, 1.807) is 0 Å². The quantitative estimate of drug-likeness (QED) is 0.853. The molecule has 3 aliphatic rings. The van der Waals surface area contributed by atoms with Crippen LogP contribution in [0.15, 0.2) is 18.2 Å². The molecule has 3 heteroatoms. The molecule has 120 valence electrons. The number of hydrogen-bond acceptors (Lipinski definition) is 3. The number of ether oxygens (including phenoxy) is 1. The van der Waals surface area contributed by atoms with E-state index in [4.69, 9.17) is 10.5 Å². The van der Waals surface area contributed by atoms with Crippen LogP contribution in [0, 0.1) is 5.92 Å². The molecule has 0 aromatic heterocycles. The first-order valence-corrected chi connectivity index (χ1v) is 8.82. The van der Waals surface area contributed by atoms with Crippen molar-refractivity contribution >= 4 is 5.69 Å². The number of anilines is 1. The van der Waals surface area contributed by atoms with Crippen molar-refractivity contribution in [3.05, 3.63) is 29.3 Å². The standard InChI is InChI=1S/C19H28N2O/c1-13-18-10-14-5-6-15(20)11-17(14)19(13,2)7-8-21(18)12-16-4-3-9-22-16/h5-6,11,13,16,18H,3-4,7-10,12,20H2,1-2H3/t13-,16-,18+,19-/m0/s1. The SMILES string of the molecule is C[C@H]1[C@H]2Cc3ccc(N)cc3[C@@]1(C)CCN2C[C@@H]1CCCO1. The Hall–Kier alpha value is -1.06. The van der Waals surface area contributed by atoms with E-state index in [2.05, 4.69) is 36.9 Å². The average molecular weight is 300 g/mol. The van der Waals surface area contributed by atoms with Crippen molar-refractivity contribution in [3.8, 4) is 0 Å². The summed E-state index contributed by atoms with van der Waals surface area (Å²) in [6, 6.07) is 7.21. The van der Waals surface area contributed by atoms with E-state index in [0.29, 0.717) is 18.1 Å². The number of nitrogens with zero attached hydrogens (tertiary/aromatic N) is 1. The van der Waals surface area contributed by atoms with Crippen LogP contribution in [0.3, 0.4) is 0 Å². The van der Waals surface area contributed by atoms with Crippen LogP contribution in [0.25, 0.3) is 0 Å². The molecule has 4 rings (SSSR count). The lowest BCUT2D eigenvalue weighted by Crippen LogP contribution is -2.59. The molecule has 2 saturated heterocycles. The molecule has 1 aliphatic carbocycles. The Labute approximate surface area is 133 Å². The number of hydrogen-bond donors (Lipinski definition) is 1. The van der Waals surface area contributed by atoms with Gasteiger partial charge in [0.15, 0.2) is 0 Å². The van der Waals surface area contributed by atoms with Crippen molar-refractivity contribution in [2.24, 2.45) is 5.92 Å². The molecule has 0 amide bonds. The van der Waals surface area contributed by atoms with Gasteiger partial charge in [-0.3, -0.25) is 4.90 Å². The first-order valence-electron chi connectivity index (χ1n) is 8.82. The predicted molar refractivity (Wildman–Crippen MR) is 90.0 cm³/mol. The van der Waals surface area contributed by atoms with Crippen LogP contribution in [0.4, 0.5) is 5.69 Å². The van der Waals surface area contributed by atoms with Gasteiger partial charge < -0.3 is 10.5 Å². The summed E-state index contributed by atoms with van der Waals surface area (Å²) in [6.45, 7) is 8.16. The Morgan fingerprint density at radius 2 is 2.27 bits per heavy atom. The van der Waals surface area contributed by atoms with Gasteiger partial charge in [-0.1, -0.05) is 19.9 Å². The van der Waals surface area contributed by atoms with E-state index in [-0.39, 0.29) is 5.41 Å². The summed E-state index contributed by atoms with van der Waals surface area (Å²) >= 11 is 0. The maximum absolute atomic E-state index is 6.07.